The summed E-state index contributed by atoms with van der Waals surface area (Å²) < 4.78 is 35.9. The summed E-state index contributed by atoms with van der Waals surface area (Å²) in [5.41, 5.74) is 0. The predicted molar refractivity (Wildman–Crippen MR) is 88.9 cm³/mol. The highest BCUT2D eigenvalue weighted by molar-refractivity contribution is 7.89. The molecule has 2 heterocycles. The molecular weight excluding hydrogens is 328 g/mol. The molecule has 4 atom stereocenters. The fourth-order valence-corrected chi connectivity index (χ4v) is 5.18. The first-order valence-corrected chi connectivity index (χ1v) is 10.3. The summed E-state index contributed by atoms with van der Waals surface area (Å²) in [4.78, 5) is 3.99. The number of sulfonamides is 1. The number of rotatable bonds is 6. The molecule has 1 aromatic heterocycles. The van der Waals surface area contributed by atoms with Crippen LogP contribution in [0.2, 0.25) is 0 Å². The van der Waals surface area contributed by atoms with E-state index >= 15 is 0 Å². The Kier molecular flexibility index (Phi) is 4.40. The topological polar surface area (TPSA) is 85.2 Å². The molecule has 1 aliphatic heterocycles. The van der Waals surface area contributed by atoms with E-state index in [0.717, 1.165) is 32.5 Å². The van der Waals surface area contributed by atoms with Crippen LogP contribution in [0.3, 0.4) is 0 Å². The second-order valence-corrected chi connectivity index (χ2v) is 9.23. The Morgan fingerprint density at radius 3 is 2.75 bits per heavy atom. The Hall–Kier alpha value is -0.960. The van der Waals surface area contributed by atoms with E-state index in [1.54, 1.807) is 11.6 Å². The Balaban J connectivity index is 1.48. The van der Waals surface area contributed by atoms with Gasteiger partial charge in [-0.2, -0.15) is 0 Å². The standard InChI is InChI=1S/C16H26N4O3S/c1-20-8-16(18-10-20)24(21,22)19-14-4-12-6-17-7-13(12)5-15(14)23-9-11-2-3-11/h8,10-15,17,19H,2-7,9H2,1H3/t12-,13+,14-,15-/m0/s1. The molecule has 0 amide bonds. The molecule has 2 N–H and O–H groups in total. The molecule has 7 nitrogen and oxygen atoms in total. The van der Waals surface area contributed by atoms with E-state index in [-0.39, 0.29) is 17.2 Å². The van der Waals surface area contributed by atoms with Crippen molar-refractivity contribution < 1.29 is 13.2 Å². The first-order valence-electron chi connectivity index (χ1n) is 8.84. The molecule has 0 aromatic carbocycles. The van der Waals surface area contributed by atoms with E-state index in [9.17, 15) is 8.42 Å². The molecule has 134 valence electrons. The van der Waals surface area contributed by atoms with Gasteiger partial charge in [0, 0.05) is 25.9 Å². The van der Waals surface area contributed by atoms with Crippen LogP contribution in [0.1, 0.15) is 25.7 Å². The Morgan fingerprint density at radius 1 is 1.33 bits per heavy atom. The molecule has 3 aliphatic rings. The van der Waals surface area contributed by atoms with Gasteiger partial charge < -0.3 is 14.6 Å². The van der Waals surface area contributed by atoms with E-state index in [4.69, 9.17) is 4.74 Å². The molecular formula is C16H26N4O3S. The lowest BCUT2D eigenvalue weighted by molar-refractivity contribution is -0.0170. The van der Waals surface area contributed by atoms with Gasteiger partial charge in [-0.15, -0.1) is 0 Å². The van der Waals surface area contributed by atoms with E-state index in [1.807, 2.05) is 0 Å². The summed E-state index contributed by atoms with van der Waals surface area (Å²) in [6.45, 7) is 2.76. The van der Waals surface area contributed by atoms with Crippen molar-refractivity contribution in [2.75, 3.05) is 19.7 Å². The van der Waals surface area contributed by atoms with Crippen molar-refractivity contribution in [2.24, 2.45) is 24.8 Å². The second kappa shape index (κ2) is 6.40. The third-order valence-corrected chi connectivity index (χ3v) is 6.90. The monoisotopic (exact) mass is 354 g/mol. The summed E-state index contributed by atoms with van der Waals surface area (Å²) in [7, 11) is -1.84. The van der Waals surface area contributed by atoms with Crippen molar-refractivity contribution in [3.05, 3.63) is 12.5 Å². The van der Waals surface area contributed by atoms with Gasteiger partial charge in [0.15, 0.2) is 5.03 Å². The van der Waals surface area contributed by atoms with Gasteiger partial charge in [-0.1, -0.05) is 0 Å². The van der Waals surface area contributed by atoms with Crippen LogP contribution in [-0.4, -0.2) is 49.8 Å². The van der Waals surface area contributed by atoms with Gasteiger partial charge >= 0.3 is 0 Å². The van der Waals surface area contributed by atoms with Gasteiger partial charge in [-0.05, 0) is 56.5 Å². The van der Waals surface area contributed by atoms with Crippen LogP contribution in [0, 0.1) is 17.8 Å². The van der Waals surface area contributed by atoms with Crippen LogP contribution in [-0.2, 0) is 21.8 Å². The number of hydrogen-bond acceptors (Lipinski definition) is 5. The maximum absolute atomic E-state index is 12.6. The molecule has 0 spiro atoms. The molecule has 4 rings (SSSR count). The Labute approximate surface area is 143 Å². The second-order valence-electron chi connectivity index (χ2n) is 7.57. The van der Waals surface area contributed by atoms with Crippen molar-refractivity contribution in [3.8, 4) is 0 Å². The zero-order chi connectivity index (χ0) is 16.7. The van der Waals surface area contributed by atoms with Crippen LogP contribution in [0.5, 0.6) is 0 Å². The highest BCUT2D eigenvalue weighted by atomic mass is 32.2. The maximum Gasteiger partial charge on any atom is 0.259 e. The lowest BCUT2D eigenvalue weighted by Gasteiger charge is -2.38. The number of nitrogens with zero attached hydrogens (tertiary/aromatic N) is 2. The van der Waals surface area contributed by atoms with Crippen LogP contribution in [0.4, 0.5) is 0 Å². The van der Waals surface area contributed by atoms with Gasteiger partial charge in [0.2, 0.25) is 0 Å². The molecule has 0 unspecified atom stereocenters. The molecule has 24 heavy (non-hydrogen) atoms. The fourth-order valence-electron chi connectivity index (χ4n) is 3.92. The summed E-state index contributed by atoms with van der Waals surface area (Å²) in [6.07, 6.45) is 7.25. The van der Waals surface area contributed by atoms with E-state index in [1.165, 1.54) is 25.4 Å². The summed E-state index contributed by atoms with van der Waals surface area (Å²) in [5.74, 6) is 1.81. The van der Waals surface area contributed by atoms with Crippen LogP contribution in [0.15, 0.2) is 17.6 Å². The smallest absolute Gasteiger partial charge is 0.259 e. The predicted octanol–water partition coefficient (Wildman–Crippen LogP) is 0.492. The molecule has 1 saturated heterocycles. The fraction of sp³-hybridized carbons (Fsp3) is 0.812. The molecule has 2 aliphatic carbocycles. The van der Waals surface area contributed by atoms with E-state index < -0.39 is 10.0 Å². The normalized spacial score (nSPS) is 33.5. The quantitative estimate of drug-likeness (QED) is 0.777. The van der Waals surface area contributed by atoms with E-state index in [0.29, 0.717) is 17.8 Å². The number of hydrogen-bond donors (Lipinski definition) is 2. The largest absolute Gasteiger partial charge is 0.376 e. The highest BCUT2D eigenvalue weighted by Crippen LogP contribution is 2.36. The van der Waals surface area contributed by atoms with Crippen LogP contribution < -0.4 is 10.0 Å². The first-order chi connectivity index (χ1) is 11.5. The number of ether oxygens (including phenoxy) is 1. The van der Waals surface area contributed by atoms with Gasteiger partial charge in [0.25, 0.3) is 10.0 Å². The third-order valence-electron chi connectivity index (χ3n) is 5.53. The molecule has 2 saturated carbocycles. The van der Waals surface area contributed by atoms with E-state index in [2.05, 4.69) is 15.0 Å². The first kappa shape index (κ1) is 16.5. The average molecular weight is 354 g/mol. The summed E-state index contributed by atoms with van der Waals surface area (Å²) in [6, 6.07) is -0.170. The lowest BCUT2D eigenvalue weighted by atomic mass is 9.77. The number of aryl methyl sites for hydroxylation is 1. The number of aromatic nitrogens is 2. The SMILES string of the molecule is Cn1cnc(S(=O)(=O)N[C@H]2C[C@H]3CNC[C@H]3C[C@@H]2OCC2CC2)c1. The minimum Gasteiger partial charge on any atom is -0.376 e. The van der Waals surface area contributed by atoms with Crippen molar-refractivity contribution in [2.45, 2.75) is 42.9 Å². The molecule has 1 aromatic rings. The van der Waals surface area contributed by atoms with Gasteiger partial charge in [-0.3, -0.25) is 0 Å². The summed E-state index contributed by atoms with van der Waals surface area (Å²) in [5, 5.41) is 3.51. The molecule has 0 bridgehead atoms. The lowest BCUT2D eigenvalue weighted by Crippen LogP contribution is -2.50. The third kappa shape index (κ3) is 3.51. The summed E-state index contributed by atoms with van der Waals surface area (Å²) >= 11 is 0. The van der Waals surface area contributed by atoms with Gasteiger partial charge in [0.1, 0.15) is 0 Å². The minimum absolute atomic E-state index is 0.0368. The molecule has 8 heteroatoms. The van der Waals surface area contributed by atoms with Gasteiger partial charge in [-0.25, -0.2) is 18.1 Å². The number of nitrogens with one attached hydrogen (secondary N) is 2. The minimum atomic E-state index is -3.61. The molecule has 0 radical (unpaired) electrons. The van der Waals surface area contributed by atoms with Crippen LogP contribution >= 0.6 is 0 Å². The molecule has 3 fully saturated rings. The van der Waals surface area contributed by atoms with Crippen LogP contribution in [0.25, 0.3) is 0 Å². The zero-order valence-corrected chi connectivity index (χ0v) is 14.8. The maximum atomic E-state index is 12.6. The van der Waals surface area contributed by atoms with Crippen molar-refractivity contribution >= 4 is 10.0 Å². The Morgan fingerprint density at radius 2 is 2.08 bits per heavy atom. The number of imidazole rings is 1. The number of fused-ring (bicyclic) bond motifs is 1. The zero-order valence-electron chi connectivity index (χ0n) is 14.0. The Bertz CT molecular complexity index is 685. The van der Waals surface area contributed by atoms with Crippen molar-refractivity contribution in [1.82, 2.24) is 19.6 Å². The van der Waals surface area contributed by atoms with Crippen molar-refractivity contribution in [3.63, 3.8) is 0 Å². The van der Waals surface area contributed by atoms with Gasteiger partial charge in [0.05, 0.1) is 12.4 Å². The highest BCUT2D eigenvalue weighted by Gasteiger charge is 2.42. The van der Waals surface area contributed by atoms with Crippen molar-refractivity contribution in [1.29, 1.82) is 0 Å². The average Bonchev–Trinajstić information content (AvgIpc) is 3.07.